The molecule has 3 saturated carbocycles. The lowest BCUT2D eigenvalue weighted by Crippen LogP contribution is -2.24. The number of carbonyl (C=O) groups is 1. The van der Waals surface area contributed by atoms with E-state index in [4.69, 9.17) is 0 Å². The first kappa shape index (κ1) is 7.22. The molecular formula is C11H11BrO. The zero-order valence-corrected chi connectivity index (χ0v) is 8.83. The lowest BCUT2D eigenvalue weighted by molar-refractivity contribution is -0.121. The smallest absolute Gasteiger partial charge is 0.137 e. The number of rotatable bonds is 0. The third-order valence-electron chi connectivity index (χ3n) is 4.87. The van der Waals surface area contributed by atoms with Crippen molar-refractivity contribution in [1.82, 2.24) is 0 Å². The van der Waals surface area contributed by atoms with E-state index in [-0.39, 0.29) is 0 Å². The maximum atomic E-state index is 11.8. The average Bonchev–Trinajstić information content (AvgIpc) is 2.67. The highest BCUT2D eigenvalue weighted by Crippen LogP contribution is 2.69. The Balaban J connectivity index is 1.96. The van der Waals surface area contributed by atoms with Gasteiger partial charge in [-0.2, -0.15) is 0 Å². The van der Waals surface area contributed by atoms with Crippen LogP contribution in [0.25, 0.3) is 0 Å². The number of hydrogen-bond donors (Lipinski definition) is 0. The predicted molar refractivity (Wildman–Crippen MR) is 52.2 cm³/mol. The lowest BCUT2D eigenvalue weighted by Gasteiger charge is -2.25. The zero-order chi connectivity index (χ0) is 8.74. The monoisotopic (exact) mass is 238 g/mol. The average molecular weight is 239 g/mol. The van der Waals surface area contributed by atoms with Gasteiger partial charge in [0.25, 0.3) is 0 Å². The maximum Gasteiger partial charge on any atom is 0.137 e. The van der Waals surface area contributed by atoms with Gasteiger partial charge in [-0.25, -0.2) is 0 Å². The number of allylic oxidation sites excluding steroid dienone is 2. The zero-order valence-electron chi connectivity index (χ0n) is 7.24. The van der Waals surface area contributed by atoms with Crippen LogP contribution in [0.1, 0.15) is 12.8 Å². The molecule has 0 heterocycles. The molecule has 13 heavy (non-hydrogen) atoms. The van der Waals surface area contributed by atoms with Crippen molar-refractivity contribution < 1.29 is 4.79 Å². The molecule has 0 saturated heterocycles. The van der Waals surface area contributed by atoms with Crippen molar-refractivity contribution >= 4 is 21.7 Å². The minimum atomic E-state index is 0.416. The molecule has 68 valence electrons. The standard InChI is InChI=1S/C11H11BrO/c12-8-2-4-5-3-9(13)11-7(5)1-6(4)10(8)11/h2,4-7,10-11H,1,3H2/t4-,5+,6-,7+,10-,11-/m0/s1. The molecular weight excluding hydrogens is 228 g/mol. The second kappa shape index (κ2) is 1.95. The van der Waals surface area contributed by atoms with Crippen LogP contribution in [0.5, 0.6) is 0 Å². The first-order valence-electron chi connectivity index (χ1n) is 5.17. The van der Waals surface area contributed by atoms with Gasteiger partial charge in [-0.15, -0.1) is 0 Å². The highest BCUT2D eigenvalue weighted by molar-refractivity contribution is 9.11. The Labute approximate surface area is 85.7 Å². The van der Waals surface area contributed by atoms with Crippen LogP contribution >= 0.6 is 15.9 Å². The summed E-state index contributed by atoms with van der Waals surface area (Å²) in [7, 11) is 0. The first-order chi connectivity index (χ1) is 6.27. The summed E-state index contributed by atoms with van der Waals surface area (Å²) in [5.74, 6) is 4.66. The molecule has 4 aliphatic carbocycles. The molecule has 0 aliphatic heterocycles. The van der Waals surface area contributed by atoms with E-state index in [2.05, 4.69) is 22.0 Å². The van der Waals surface area contributed by atoms with Crippen LogP contribution in [0.2, 0.25) is 0 Å². The first-order valence-corrected chi connectivity index (χ1v) is 5.96. The summed E-state index contributed by atoms with van der Waals surface area (Å²) in [4.78, 5) is 11.8. The van der Waals surface area contributed by atoms with Gasteiger partial charge in [0.1, 0.15) is 5.78 Å². The van der Waals surface area contributed by atoms with Crippen LogP contribution in [0.3, 0.4) is 0 Å². The second-order valence-corrected chi connectivity index (χ2v) is 5.99. The molecule has 4 rings (SSSR count). The molecule has 6 atom stereocenters. The summed E-state index contributed by atoms with van der Waals surface area (Å²) in [5.41, 5.74) is 0. The molecule has 0 aromatic carbocycles. The second-order valence-electron chi connectivity index (χ2n) is 5.08. The summed E-state index contributed by atoms with van der Waals surface area (Å²) in [6.07, 6.45) is 4.64. The van der Waals surface area contributed by atoms with Crippen LogP contribution in [-0.4, -0.2) is 5.78 Å². The van der Waals surface area contributed by atoms with Crippen LogP contribution in [0, 0.1) is 35.5 Å². The van der Waals surface area contributed by atoms with E-state index in [0.29, 0.717) is 17.6 Å². The molecule has 0 amide bonds. The lowest BCUT2D eigenvalue weighted by atomic mass is 9.79. The topological polar surface area (TPSA) is 17.1 Å². The molecule has 2 heteroatoms. The van der Waals surface area contributed by atoms with E-state index in [0.717, 1.165) is 30.1 Å². The quantitative estimate of drug-likeness (QED) is 0.634. The van der Waals surface area contributed by atoms with Crippen molar-refractivity contribution in [2.24, 2.45) is 35.5 Å². The molecule has 0 aromatic rings. The van der Waals surface area contributed by atoms with Crippen molar-refractivity contribution in [2.75, 3.05) is 0 Å². The van der Waals surface area contributed by atoms with Gasteiger partial charge in [0.15, 0.2) is 0 Å². The van der Waals surface area contributed by atoms with Crippen LogP contribution in [0.15, 0.2) is 10.6 Å². The Morgan fingerprint density at radius 2 is 2.08 bits per heavy atom. The van der Waals surface area contributed by atoms with Gasteiger partial charge in [0.2, 0.25) is 0 Å². The fraction of sp³-hybridized carbons (Fsp3) is 0.727. The van der Waals surface area contributed by atoms with Crippen LogP contribution in [0.4, 0.5) is 0 Å². The van der Waals surface area contributed by atoms with E-state index in [1.54, 1.807) is 0 Å². The molecule has 3 fully saturated rings. The third-order valence-corrected chi connectivity index (χ3v) is 5.66. The van der Waals surface area contributed by atoms with Crippen molar-refractivity contribution in [3.63, 3.8) is 0 Å². The fourth-order valence-electron chi connectivity index (χ4n) is 4.59. The van der Waals surface area contributed by atoms with Crippen molar-refractivity contribution in [1.29, 1.82) is 0 Å². The molecule has 1 nitrogen and oxygen atoms in total. The number of halogens is 1. The minimum Gasteiger partial charge on any atom is -0.299 e. The van der Waals surface area contributed by atoms with Crippen molar-refractivity contribution in [3.8, 4) is 0 Å². The normalized spacial score (nSPS) is 60.7. The summed E-state index contributed by atoms with van der Waals surface area (Å²) >= 11 is 3.65. The summed E-state index contributed by atoms with van der Waals surface area (Å²) in [5, 5.41) is 0. The Hall–Kier alpha value is -0.110. The Morgan fingerprint density at radius 1 is 1.23 bits per heavy atom. The molecule has 4 aliphatic rings. The summed E-state index contributed by atoms with van der Waals surface area (Å²) < 4.78 is 1.35. The third kappa shape index (κ3) is 0.604. The van der Waals surface area contributed by atoms with E-state index in [1.165, 1.54) is 10.9 Å². The Morgan fingerprint density at radius 3 is 2.92 bits per heavy atom. The van der Waals surface area contributed by atoms with Gasteiger partial charge < -0.3 is 0 Å². The molecule has 0 N–H and O–H groups in total. The Bertz CT molecular complexity index is 346. The molecule has 2 bridgehead atoms. The van der Waals surface area contributed by atoms with Crippen molar-refractivity contribution in [2.45, 2.75) is 12.8 Å². The number of hydrogen-bond acceptors (Lipinski definition) is 1. The highest BCUT2D eigenvalue weighted by atomic mass is 79.9. The largest absolute Gasteiger partial charge is 0.299 e. The molecule has 0 radical (unpaired) electrons. The van der Waals surface area contributed by atoms with E-state index in [9.17, 15) is 4.79 Å². The van der Waals surface area contributed by atoms with E-state index in [1.807, 2.05) is 0 Å². The van der Waals surface area contributed by atoms with E-state index < -0.39 is 0 Å². The fourth-order valence-corrected chi connectivity index (χ4v) is 5.52. The van der Waals surface area contributed by atoms with Gasteiger partial charge >= 0.3 is 0 Å². The number of Topliss-reactive ketones (excluding diaryl/α,β-unsaturated/α-hetero) is 1. The SMILES string of the molecule is O=C1C[C@@H]2[C@@H]3C=C(Br)[C@@H]4[C@H]3C[C@H]2[C@@H]14. The van der Waals surface area contributed by atoms with Crippen molar-refractivity contribution in [3.05, 3.63) is 10.6 Å². The Kier molecular flexibility index (Phi) is 1.08. The number of ketones is 1. The van der Waals surface area contributed by atoms with E-state index >= 15 is 0 Å². The molecule has 0 unspecified atom stereocenters. The summed E-state index contributed by atoms with van der Waals surface area (Å²) in [6, 6.07) is 0. The predicted octanol–water partition coefficient (Wildman–Crippen LogP) is 2.37. The van der Waals surface area contributed by atoms with Crippen LogP contribution in [-0.2, 0) is 4.79 Å². The van der Waals surface area contributed by atoms with Gasteiger partial charge in [0, 0.05) is 18.3 Å². The molecule has 0 spiro atoms. The summed E-state index contributed by atoms with van der Waals surface area (Å²) in [6.45, 7) is 0. The maximum absolute atomic E-state index is 11.8. The minimum absolute atomic E-state index is 0.416. The van der Waals surface area contributed by atoms with Gasteiger partial charge in [-0.05, 0) is 34.6 Å². The number of carbonyl (C=O) groups excluding carboxylic acids is 1. The van der Waals surface area contributed by atoms with Crippen LogP contribution < -0.4 is 0 Å². The number of fused-ring (bicyclic) bond motifs is 2. The van der Waals surface area contributed by atoms with Gasteiger partial charge in [-0.1, -0.05) is 22.0 Å². The highest BCUT2D eigenvalue weighted by Gasteiger charge is 2.66. The van der Waals surface area contributed by atoms with Gasteiger partial charge in [0.05, 0.1) is 0 Å². The molecule has 0 aromatic heterocycles. The van der Waals surface area contributed by atoms with Gasteiger partial charge in [-0.3, -0.25) is 4.79 Å².